The Bertz CT molecular complexity index is 4570. The first-order valence-electron chi connectivity index (χ1n) is 24.1. The summed E-state index contributed by atoms with van der Waals surface area (Å²) in [6.07, 6.45) is 3.42. The van der Waals surface area contributed by atoms with E-state index in [4.69, 9.17) is 9.47 Å². The highest BCUT2D eigenvalue weighted by molar-refractivity contribution is 6.62. The monoisotopic (exact) mass is 827 g/mol. The molecule has 0 radical (unpaired) electrons. The Morgan fingerprint density at radius 3 is 1.82 bits per heavy atom. The minimum absolute atomic E-state index is 0.0698. The minimum Gasteiger partial charge on any atom is -0.485 e. The highest BCUT2D eigenvalue weighted by Gasteiger charge is 2.66. The van der Waals surface area contributed by atoms with Crippen LogP contribution in [0.25, 0.3) is 113 Å². The van der Waals surface area contributed by atoms with Crippen LogP contribution in [0.2, 0.25) is 0 Å². The van der Waals surface area contributed by atoms with Gasteiger partial charge in [-0.25, -0.2) is 0 Å². The third kappa shape index (κ3) is 3.03. The normalized spacial score (nSPS) is 23.9. The molecule has 0 saturated carbocycles. The molecule has 5 aliphatic carbocycles. The van der Waals surface area contributed by atoms with Gasteiger partial charge in [-0.2, -0.15) is 0 Å². The predicted octanol–water partition coefficient (Wildman–Crippen LogP) is 13.4. The largest absolute Gasteiger partial charge is 0.485 e. The fraction of sp³-hybridized carbons (Fsp3) is 0.194. The van der Waals surface area contributed by atoms with Gasteiger partial charge in [-0.1, -0.05) is 84.4 Å². The van der Waals surface area contributed by atoms with Crippen molar-refractivity contribution in [3.63, 3.8) is 0 Å². The Kier molecular flexibility index (Phi) is 4.74. The van der Waals surface area contributed by atoms with Crippen LogP contribution in [-0.2, 0) is 31.5 Å². The third-order valence-electron chi connectivity index (χ3n) is 19.3. The van der Waals surface area contributed by atoms with E-state index < -0.39 is 0 Å². The van der Waals surface area contributed by atoms with Gasteiger partial charge >= 0.3 is 0 Å². The van der Waals surface area contributed by atoms with Crippen LogP contribution in [0.1, 0.15) is 62.9 Å². The summed E-state index contributed by atoms with van der Waals surface area (Å²) in [5.41, 5.74) is 13.8. The van der Waals surface area contributed by atoms with Crippen LogP contribution in [0.15, 0.2) is 109 Å². The summed E-state index contributed by atoms with van der Waals surface area (Å²) in [5, 5.41) is 33.2. The molecule has 3 heteroatoms. The maximum atomic E-state index is 6.88. The molecule has 6 aliphatic rings. The molecule has 3 nitrogen and oxygen atoms in total. The van der Waals surface area contributed by atoms with Crippen molar-refractivity contribution in [2.75, 3.05) is 13.6 Å². The van der Waals surface area contributed by atoms with E-state index in [1.54, 1.807) is 119 Å². The molecule has 5 atom stereocenters. The highest BCUT2D eigenvalue weighted by atomic mass is 16.5. The van der Waals surface area contributed by atoms with Gasteiger partial charge in [0, 0.05) is 23.9 Å². The zero-order chi connectivity index (χ0) is 41.2. The fourth-order valence-corrected chi connectivity index (χ4v) is 17.8. The molecule has 0 aromatic heterocycles. The first kappa shape index (κ1) is 31.8. The number of fused-ring (bicyclic) bond motifs is 1. The van der Waals surface area contributed by atoms with Crippen molar-refractivity contribution in [3.8, 4) is 11.5 Å². The lowest BCUT2D eigenvalue weighted by molar-refractivity contribution is 0.173. The number of hydrogen-bond donors (Lipinski definition) is 0. The summed E-state index contributed by atoms with van der Waals surface area (Å²) in [4.78, 5) is 2.78. The van der Waals surface area contributed by atoms with Crippen LogP contribution < -0.4 is 14.7 Å². The molecule has 14 aromatic rings. The van der Waals surface area contributed by atoms with Crippen LogP contribution in [0.4, 0.5) is 0 Å². The average molecular weight is 828 g/mol. The van der Waals surface area contributed by atoms with E-state index in [-0.39, 0.29) is 11.5 Å². The maximum absolute atomic E-state index is 6.88. The molecule has 14 aromatic carbocycles. The first-order valence-corrected chi connectivity index (χ1v) is 24.1. The van der Waals surface area contributed by atoms with Crippen molar-refractivity contribution in [1.29, 1.82) is 0 Å². The summed E-state index contributed by atoms with van der Waals surface area (Å²) >= 11 is 0. The molecule has 0 bridgehead atoms. The quantitative estimate of drug-likeness (QED) is 0.149. The number of benzene rings is 11. The molecule has 65 heavy (non-hydrogen) atoms. The summed E-state index contributed by atoms with van der Waals surface area (Å²) in [7, 11) is 2.45. The van der Waals surface area contributed by atoms with Gasteiger partial charge < -0.3 is 9.47 Å². The number of ether oxygens (including phenoxy) is 2. The van der Waals surface area contributed by atoms with E-state index in [0.717, 1.165) is 42.0 Å². The van der Waals surface area contributed by atoms with Gasteiger partial charge in [0.25, 0.3) is 0 Å². The molecule has 1 saturated heterocycles. The lowest BCUT2D eigenvalue weighted by Crippen LogP contribution is -2.48. The zero-order valence-corrected chi connectivity index (χ0v) is 35.7. The fourth-order valence-electron chi connectivity index (χ4n) is 17.8. The van der Waals surface area contributed by atoms with Gasteiger partial charge in [0.1, 0.15) is 13.2 Å². The second-order valence-corrected chi connectivity index (χ2v) is 21.7. The van der Waals surface area contributed by atoms with E-state index in [9.17, 15) is 0 Å². The van der Waals surface area contributed by atoms with Crippen molar-refractivity contribution < 1.29 is 9.47 Å². The van der Waals surface area contributed by atoms with Crippen LogP contribution in [0.3, 0.4) is 0 Å². The number of likely N-dealkylation sites (N-methyl/N-ethyl adjacent to an activating group) is 1. The van der Waals surface area contributed by atoms with E-state index in [1.807, 2.05) is 0 Å². The molecule has 302 valence electrons. The van der Waals surface area contributed by atoms with Crippen molar-refractivity contribution in [3.05, 3.63) is 159 Å². The Morgan fingerprint density at radius 2 is 1.11 bits per heavy atom. The van der Waals surface area contributed by atoms with Crippen molar-refractivity contribution in [1.82, 2.24) is 4.90 Å². The van der Waals surface area contributed by atoms with Gasteiger partial charge in [0.05, 0.1) is 0 Å². The van der Waals surface area contributed by atoms with Gasteiger partial charge in [0.2, 0.25) is 0 Å². The molecule has 1 aliphatic heterocycles. The number of hydrogen-bond acceptors (Lipinski definition) is 3. The van der Waals surface area contributed by atoms with Crippen LogP contribution in [0, 0.1) is 11.8 Å². The Hall–Kier alpha value is -6.94. The highest BCUT2D eigenvalue weighted by Crippen LogP contribution is 2.75. The van der Waals surface area contributed by atoms with Crippen LogP contribution in [0.5, 0.6) is 11.5 Å². The minimum atomic E-state index is -0.0698. The van der Waals surface area contributed by atoms with E-state index in [1.165, 1.54) is 38.9 Å². The number of likely N-dealkylation sites (tertiary alicyclic amines) is 1. The summed E-state index contributed by atoms with van der Waals surface area (Å²) in [6.45, 7) is 2.10. The topological polar surface area (TPSA) is 21.7 Å². The Balaban J connectivity index is 0.914. The molecular weight excluding hydrogens is 791 g/mol. The van der Waals surface area contributed by atoms with E-state index in [2.05, 4.69) is 121 Å². The summed E-state index contributed by atoms with van der Waals surface area (Å²) < 4.78 is 13.5. The molecule has 1 spiro atoms. The molecule has 0 amide bonds. The van der Waals surface area contributed by atoms with E-state index in [0.29, 0.717) is 31.0 Å². The molecule has 1 fully saturated rings. The lowest BCUT2D eigenvalue weighted by Gasteiger charge is -2.50. The smallest absolute Gasteiger partial charge is 0.162 e. The van der Waals surface area contributed by atoms with Gasteiger partial charge in [-0.3, -0.25) is 4.90 Å². The standard InChI is InChI=1S/C62H37NO2/c1-63-23-37-36-20-34-18-31-16-32-15-29-14-30-17-33-19-35-22-62(37,61(63)28-12-13-38(64-24-26-8-4-2-5-9-26)39(21-28)65-25-27-10-6-3-7-11-27)60-46(35)51-45(33)50-41(30)40(29)48-44(32)49-42(31)43(34)52-47(36)59(60)58-56(51)54(50)53(48)55(49)57(52)58/h2-17,19,21,36-37,47,61H,18,20,22-25H2,1H3. The second-order valence-electron chi connectivity index (χ2n) is 21.7. The molecular formula is C62H37NO2. The Labute approximate surface area is 371 Å². The first-order chi connectivity index (χ1) is 32.1. The van der Waals surface area contributed by atoms with E-state index >= 15 is 0 Å². The summed E-state index contributed by atoms with van der Waals surface area (Å²) in [6, 6.07) is 41.4. The van der Waals surface area contributed by atoms with Gasteiger partial charge in [-0.15, -0.1) is 0 Å². The summed E-state index contributed by atoms with van der Waals surface area (Å²) in [5.74, 6) is 3.19. The lowest BCUT2D eigenvalue weighted by atomic mass is 9.52. The average Bonchev–Trinajstić information content (AvgIpc) is 4.19. The number of nitrogens with zero attached hydrogens (tertiary/aromatic N) is 1. The molecule has 5 unspecified atom stereocenters. The van der Waals surface area contributed by atoms with Crippen molar-refractivity contribution >= 4 is 113 Å². The van der Waals surface area contributed by atoms with Crippen LogP contribution in [-0.4, -0.2) is 18.5 Å². The Morgan fingerprint density at radius 1 is 0.538 bits per heavy atom. The third-order valence-corrected chi connectivity index (χ3v) is 19.3. The number of rotatable bonds is 7. The molecule has 0 N–H and O–H groups in total. The van der Waals surface area contributed by atoms with Crippen molar-refractivity contribution in [2.24, 2.45) is 11.8 Å². The van der Waals surface area contributed by atoms with Crippen molar-refractivity contribution in [2.45, 2.75) is 49.9 Å². The zero-order valence-electron chi connectivity index (χ0n) is 35.7. The van der Waals surface area contributed by atoms with Gasteiger partial charge in [0.15, 0.2) is 11.5 Å². The predicted molar refractivity (Wildman–Crippen MR) is 264 cm³/mol. The van der Waals surface area contributed by atoms with Crippen LogP contribution >= 0.6 is 0 Å². The SMILES string of the molecule is CN1CC2C3CC4=c5c6c7c8c(c9c%10c(cc%11cc%12cc%13cc%14cc(c5c5c%14c%14c%13c%12c%12c%11c%10c8c%12c%14c75)C4)CC92C1c1ccc(OCc2ccccc2)c(OCc2ccccc2)c1)C63. The molecule has 20 rings (SSSR count). The van der Waals surface area contributed by atoms with Gasteiger partial charge in [-0.05, 0) is 226 Å². The molecule has 1 heterocycles. The maximum Gasteiger partial charge on any atom is 0.162 e. The second kappa shape index (κ2) is 9.69.